The van der Waals surface area contributed by atoms with Crippen molar-refractivity contribution in [2.24, 2.45) is 5.41 Å². The molecule has 1 saturated heterocycles. The average Bonchev–Trinajstić information content (AvgIpc) is 2.95. The molecule has 3 aromatic rings. The van der Waals surface area contributed by atoms with Crippen LogP contribution in [0.4, 0.5) is 4.39 Å². The lowest BCUT2D eigenvalue weighted by Gasteiger charge is -2.40. The van der Waals surface area contributed by atoms with Crippen LogP contribution in [0.5, 0.6) is 5.75 Å². The Labute approximate surface area is 217 Å². The zero-order chi connectivity index (χ0) is 26.3. The fourth-order valence-corrected chi connectivity index (χ4v) is 5.48. The molecule has 1 aromatic heterocycles. The molecule has 0 saturated carbocycles. The van der Waals surface area contributed by atoms with Crippen LogP contribution >= 0.6 is 0 Å². The number of carbonyl (C=O) groups is 1. The van der Waals surface area contributed by atoms with Crippen molar-refractivity contribution < 1.29 is 24.2 Å². The zero-order valence-corrected chi connectivity index (χ0v) is 21.3. The first-order valence-corrected chi connectivity index (χ1v) is 12.9. The van der Waals surface area contributed by atoms with Crippen molar-refractivity contribution in [2.45, 2.75) is 51.3 Å². The van der Waals surface area contributed by atoms with Crippen LogP contribution in [0.2, 0.25) is 0 Å². The summed E-state index contributed by atoms with van der Waals surface area (Å²) in [7, 11) is 1.55. The summed E-state index contributed by atoms with van der Waals surface area (Å²) >= 11 is 0. The summed E-state index contributed by atoms with van der Waals surface area (Å²) < 4.78 is 19.2. The number of rotatable bonds is 11. The highest BCUT2D eigenvalue weighted by molar-refractivity contribution is 5.85. The standard InChI is InChI=1S/C29H36FN3O4/c1-37-23-9-10-25-24(18-23)27(22(19-30)20-31-25)26(34)11-12-29(28(35)32-36)13-16-33(17-14-29)15-5-8-21-6-3-2-4-7-21/h2-4,6-7,9-10,18,20,26,34,36H,5,8,11-17,19H2,1H3,(H,32,35). The summed E-state index contributed by atoms with van der Waals surface area (Å²) in [5.41, 5.74) is 3.82. The van der Waals surface area contributed by atoms with Crippen LogP contribution in [0.1, 0.15) is 54.9 Å². The van der Waals surface area contributed by atoms with Gasteiger partial charge in [0.15, 0.2) is 0 Å². The Bertz CT molecular complexity index is 1180. The lowest BCUT2D eigenvalue weighted by molar-refractivity contribution is -0.143. The molecule has 1 aliphatic heterocycles. The highest BCUT2D eigenvalue weighted by Gasteiger charge is 2.41. The molecule has 3 N–H and O–H groups in total. The number of hydrogen-bond acceptors (Lipinski definition) is 6. The van der Waals surface area contributed by atoms with Crippen LogP contribution in [0.15, 0.2) is 54.7 Å². The number of amides is 1. The van der Waals surface area contributed by atoms with Gasteiger partial charge < -0.3 is 14.7 Å². The van der Waals surface area contributed by atoms with Crippen molar-refractivity contribution in [2.75, 3.05) is 26.7 Å². The predicted molar refractivity (Wildman–Crippen MR) is 140 cm³/mol. The zero-order valence-electron chi connectivity index (χ0n) is 21.3. The molecule has 37 heavy (non-hydrogen) atoms. The smallest absolute Gasteiger partial charge is 0.249 e. The summed E-state index contributed by atoms with van der Waals surface area (Å²) in [6.07, 6.45) is 4.30. The monoisotopic (exact) mass is 509 g/mol. The van der Waals surface area contributed by atoms with Gasteiger partial charge in [0.1, 0.15) is 12.4 Å². The van der Waals surface area contributed by atoms with Crippen molar-refractivity contribution in [3.63, 3.8) is 0 Å². The lowest BCUT2D eigenvalue weighted by Crippen LogP contribution is -2.48. The summed E-state index contributed by atoms with van der Waals surface area (Å²) in [6.45, 7) is 1.67. The molecule has 1 fully saturated rings. The molecule has 1 unspecified atom stereocenters. The van der Waals surface area contributed by atoms with Gasteiger partial charge in [0.25, 0.3) is 0 Å². The van der Waals surface area contributed by atoms with Gasteiger partial charge in [-0.2, -0.15) is 0 Å². The number of pyridine rings is 1. The molecule has 198 valence electrons. The molecule has 1 amide bonds. The number of likely N-dealkylation sites (tertiary alicyclic amines) is 1. The van der Waals surface area contributed by atoms with Gasteiger partial charge in [-0.25, -0.2) is 9.87 Å². The van der Waals surface area contributed by atoms with E-state index in [9.17, 15) is 19.5 Å². The molecule has 0 aliphatic carbocycles. The molecule has 7 nitrogen and oxygen atoms in total. The number of halogens is 1. The molecule has 8 heteroatoms. The van der Waals surface area contributed by atoms with E-state index in [1.807, 2.05) is 23.7 Å². The number of benzene rings is 2. The van der Waals surface area contributed by atoms with E-state index in [0.29, 0.717) is 47.0 Å². The van der Waals surface area contributed by atoms with Crippen LogP contribution in [0.3, 0.4) is 0 Å². The maximum Gasteiger partial charge on any atom is 0.249 e. The summed E-state index contributed by atoms with van der Waals surface area (Å²) in [6, 6.07) is 15.7. The van der Waals surface area contributed by atoms with Gasteiger partial charge in [0.2, 0.25) is 5.91 Å². The second-order valence-corrected chi connectivity index (χ2v) is 9.92. The number of aryl methyl sites for hydroxylation is 1. The maximum atomic E-state index is 13.9. The van der Waals surface area contributed by atoms with Crippen LogP contribution in [-0.2, 0) is 17.9 Å². The first-order chi connectivity index (χ1) is 18.0. The third-order valence-electron chi connectivity index (χ3n) is 7.75. The van der Waals surface area contributed by atoms with Gasteiger partial charge in [-0.05, 0) is 87.5 Å². The fraction of sp³-hybridized carbons (Fsp3) is 0.448. The second-order valence-electron chi connectivity index (χ2n) is 9.92. The summed E-state index contributed by atoms with van der Waals surface area (Å²) in [5.74, 6) is 0.171. The summed E-state index contributed by atoms with van der Waals surface area (Å²) in [4.78, 5) is 19.5. The first-order valence-electron chi connectivity index (χ1n) is 12.9. The molecule has 2 heterocycles. The van der Waals surface area contributed by atoms with Crippen molar-refractivity contribution in [3.05, 3.63) is 71.4 Å². The number of carbonyl (C=O) groups excluding carboxylic acids is 1. The first kappa shape index (κ1) is 27.0. The Hall–Kier alpha value is -3.07. The van der Waals surface area contributed by atoms with E-state index in [1.54, 1.807) is 25.3 Å². The van der Waals surface area contributed by atoms with Gasteiger partial charge in [-0.1, -0.05) is 30.3 Å². The van der Waals surface area contributed by atoms with Crippen LogP contribution < -0.4 is 10.2 Å². The van der Waals surface area contributed by atoms with E-state index >= 15 is 0 Å². The van der Waals surface area contributed by atoms with E-state index in [2.05, 4.69) is 22.0 Å². The molecule has 4 rings (SSSR count). The third kappa shape index (κ3) is 6.26. The predicted octanol–water partition coefficient (Wildman–Crippen LogP) is 4.75. The van der Waals surface area contributed by atoms with E-state index < -0.39 is 24.1 Å². The number of nitrogens with one attached hydrogen (secondary N) is 1. The van der Waals surface area contributed by atoms with E-state index in [4.69, 9.17) is 4.74 Å². The summed E-state index contributed by atoms with van der Waals surface area (Å²) in [5, 5.41) is 21.4. The largest absolute Gasteiger partial charge is 0.497 e. The van der Waals surface area contributed by atoms with Gasteiger partial charge in [0, 0.05) is 17.1 Å². The number of piperidine rings is 1. The van der Waals surface area contributed by atoms with Crippen LogP contribution in [0.25, 0.3) is 10.9 Å². The Morgan fingerprint density at radius 3 is 2.65 bits per heavy atom. The van der Waals surface area contributed by atoms with E-state index in [0.717, 1.165) is 32.5 Å². The SMILES string of the molecule is COc1ccc2ncc(CF)c(C(O)CCC3(C(=O)NO)CCN(CCCc4ccccc4)CC3)c2c1. The van der Waals surface area contributed by atoms with Crippen LogP contribution in [0, 0.1) is 5.41 Å². The van der Waals surface area contributed by atoms with Gasteiger partial charge >= 0.3 is 0 Å². The number of aliphatic hydroxyl groups excluding tert-OH is 1. The number of nitrogens with zero attached hydrogens (tertiary/aromatic N) is 2. The number of alkyl halides is 1. The van der Waals surface area contributed by atoms with Crippen molar-refractivity contribution >= 4 is 16.8 Å². The Morgan fingerprint density at radius 2 is 1.97 bits per heavy atom. The highest BCUT2D eigenvalue weighted by Crippen LogP contribution is 2.40. The van der Waals surface area contributed by atoms with Crippen molar-refractivity contribution in [3.8, 4) is 5.75 Å². The molecule has 1 aliphatic rings. The number of ether oxygens (including phenoxy) is 1. The second kappa shape index (κ2) is 12.4. The number of aliphatic hydroxyl groups is 1. The molecule has 0 bridgehead atoms. The van der Waals surface area contributed by atoms with Gasteiger partial charge in [-0.15, -0.1) is 0 Å². The molecular formula is C29H36FN3O4. The molecule has 2 aromatic carbocycles. The van der Waals surface area contributed by atoms with Gasteiger partial charge in [0.05, 0.1) is 24.1 Å². The minimum absolute atomic E-state index is 0.255. The quantitative estimate of drug-likeness (QED) is 0.255. The normalized spacial score (nSPS) is 16.4. The van der Waals surface area contributed by atoms with Crippen molar-refractivity contribution in [1.82, 2.24) is 15.4 Å². The third-order valence-corrected chi connectivity index (χ3v) is 7.75. The van der Waals surface area contributed by atoms with E-state index in [-0.39, 0.29) is 6.42 Å². The number of aromatic nitrogens is 1. The van der Waals surface area contributed by atoms with E-state index in [1.165, 1.54) is 11.8 Å². The molecule has 1 atom stereocenters. The fourth-order valence-electron chi connectivity index (χ4n) is 5.48. The lowest BCUT2D eigenvalue weighted by atomic mass is 9.73. The van der Waals surface area contributed by atoms with Crippen molar-refractivity contribution in [1.29, 1.82) is 0 Å². The molecule has 0 spiro atoms. The average molecular weight is 510 g/mol. The topological polar surface area (TPSA) is 94.9 Å². The number of hydroxylamine groups is 1. The number of hydrogen-bond donors (Lipinski definition) is 3. The molecule has 0 radical (unpaired) electrons. The minimum Gasteiger partial charge on any atom is -0.497 e. The maximum absolute atomic E-state index is 13.9. The van der Waals surface area contributed by atoms with Crippen LogP contribution in [-0.4, -0.2) is 52.8 Å². The Kier molecular flexibility index (Phi) is 9.08. The van der Waals surface area contributed by atoms with Gasteiger partial charge in [-0.3, -0.25) is 15.0 Å². The number of fused-ring (bicyclic) bond motifs is 1. The number of methoxy groups -OCH3 is 1. The minimum atomic E-state index is -0.990. The Balaban J connectivity index is 1.43. The molecular weight excluding hydrogens is 473 g/mol. The highest BCUT2D eigenvalue weighted by atomic mass is 19.1. The Morgan fingerprint density at radius 1 is 1.22 bits per heavy atom.